The van der Waals surface area contributed by atoms with Gasteiger partial charge in [0.1, 0.15) is 18.5 Å². The second kappa shape index (κ2) is 8.15. The van der Waals surface area contributed by atoms with Gasteiger partial charge >= 0.3 is 0 Å². The van der Waals surface area contributed by atoms with Gasteiger partial charge < -0.3 is 19.9 Å². The van der Waals surface area contributed by atoms with Crippen LogP contribution in [0.25, 0.3) is 0 Å². The Balaban J connectivity index is 2.76. The lowest BCUT2D eigenvalue weighted by atomic mass is 10.0. The second-order valence-electron chi connectivity index (χ2n) is 4.74. The summed E-state index contributed by atoms with van der Waals surface area (Å²) in [5, 5.41) is 13.0. The maximum absolute atomic E-state index is 9.65. The third-order valence-corrected chi connectivity index (χ3v) is 2.94. The molecule has 108 valence electrons. The van der Waals surface area contributed by atoms with Gasteiger partial charge in [0.05, 0.1) is 6.61 Å². The van der Waals surface area contributed by atoms with Crippen LogP contribution in [0.5, 0.6) is 5.75 Å². The number of nitrogens with one attached hydrogen (secondary N) is 1. The predicted octanol–water partition coefficient (Wildman–Crippen LogP) is 2.05. The highest BCUT2D eigenvalue weighted by atomic mass is 16.5. The maximum atomic E-state index is 9.65. The van der Waals surface area contributed by atoms with E-state index in [4.69, 9.17) is 9.47 Å². The quantitative estimate of drug-likeness (QED) is 0.757. The molecule has 0 bridgehead atoms. The van der Waals surface area contributed by atoms with Crippen LogP contribution in [0.3, 0.4) is 0 Å². The molecule has 0 amide bonds. The minimum Gasteiger partial charge on any atom is -0.490 e. The number of aliphatic hydroxyl groups excluding tert-OH is 1. The average Bonchev–Trinajstić information content (AvgIpc) is 2.37. The fraction of sp³-hybridized carbons (Fsp3) is 0.600. The number of aliphatic hydroxyl groups is 1. The molecule has 0 spiro atoms. The third-order valence-electron chi connectivity index (χ3n) is 2.94. The minimum absolute atomic E-state index is 0.222. The van der Waals surface area contributed by atoms with Crippen LogP contribution in [0, 0.1) is 6.92 Å². The van der Waals surface area contributed by atoms with E-state index >= 15 is 0 Å². The molecule has 19 heavy (non-hydrogen) atoms. The molecule has 0 aromatic heterocycles. The summed E-state index contributed by atoms with van der Waals surface area (Å²) in [6.45, 7) is 7.63. The number of hydrogen-bond acceptors (Lipinski definition) is 4. The van der Waals surface area contributed by atoms with E-state index < -0.39 is 6.10 Å². The van der Waals surface area contributed by atoms with Gasteiger partial charge in [0.2, 0.25) is 0 Å². The normalized spacial score (nSPS) is 14.2. The smallest absolute Gasteiger partial charge is 0.124 e. The lowest BCUT2D eigenvalue weighted by molar-refractivity contribution is 0.0322. The topological polar surface area (TPSA) is 50.7 Å². The summed E-state index contributed by atoms with van der Waals surface area (Å²) in [6, 6.07) is 6.37. The van der Waals surface area contributed by atoms with E-state index in [2.05, 4.69) is 31.3 Å². The molecule has 2 unspecified atom stereocenters. The van der Waals surface area contributed by atoms with Crippen molar-refractivity contribution < 1.29 is 14.6 Å². The van der Waals surface area contributed by atoms with E-state index in [1.807, 2.05) is 13.0 Å². The zero-order valence-electron chi connectivity index (χ0n) is 12.3. The van der Waals surface area contributed by atoms with Crippen molar-refractivity contribution in [3.05, 3.63) is 29.3 Å². The van der Waals surface area contributed by atoms with Crippen molar-refractivity contribution >= 4 is 0 Å². The van der Waals surface area contributed by atoms with Crippen molar-refractivity contribution in [1.82, 2.24) is 5.32 Å². The number of aryl methyl sites for hydroxylation is 1. The van der Waals surface area contributed by atoms with E-state index in [0.29, 0.717) is 0 Å². The molecule has 1 aromatic carbocycles. The van der Waals surface area contributed by atoms with Crippen LogP contribution >= 0.6 is 0 Å². The molecular formula is C15H25NO3. The fourth-order valence-corrected chi connectivity index (χ4v) is 1.97. The summed E-state index contributed by atoms with van der Waals surface area (Å²) >= 11 is 0. The second-order valence-corrected chi connectivity index (χ2v) is 4.74. The molecule has 4 nitrogen and oxygen atoms in total. The van der Waals surface area contributed by atoms with Crippen LogP contribution in [0.15, 0.2) is 18.2 Å². The molecule has 0 fully saturated rings. The number of methoxy groups -OCH3 is 1. The molecule has 0 saturated heterocycles. The van der Waals surface area contributed by atoms with Gasteiger partial charge in [-0.25, -0.2) is 0 Å². The molecule has 0 saturated carbocycles. The first-order valence-electron chi connectivity index (χ1n) is 6.72. The van der Waals surface area contributed by atoms with Crippen LogP contribution in [-0.2, 0) is 4.74 Å². The van der Waals surface area contributed by atoms with Crippen molar-refractivity contribution in [3.63, 3.8) is 0 Å². The highest BCUT2D eigenvalue weighted by Crippen LogP contribution is 2.26. The summed E-state index contributed by atoms with van der Waals surface area (Å²) < 4.78 is 10.6. The van der Waals surface area contributed by atoms with Crippen molar-refractivity contribution in [1.29, 1.82) is 0 Å². The summed E-state index contributed by atoms with van der Waals surface area (Å²) in [5.41, 5.74) is 2.25. The largest absolute Gasteiger partial charge is 0.490 e. The Morgan fingerprint density at radius 3 is 2.68 bits per heavy atom. The standard InChI is InChI=1S/C15H25NO3/c1-5-16-12(3)14-7-6-11(2)8-15(14)19-10-13(17)9-18-4/h6-8,12-13,16-17H,5,9-10H2,1-4H3. The van der Waals surface area contributed by atoms with Crippen molar-refractivity contribution in [2.75, 3.05) is 26.9 Å². The van der Waals surface area contributed by atoms with Gasteiger partial charge in [-0.15, -0.1) is 0 Å². The number of benzene rings is 1. The Morgan fingerprint density at radius 2 is 2.05 bits per heavy atom. The molecular weight excluding hydrogens is 242 g/mol. The van der Waals surface area contributed by atoms with Crippen molar-refractivity contribution in [3.8, 4) is 5.75 Å². The minimum atomic E-state index is -0.604. The lowest BCUT2D eigenvalue weighted by Gasteiger charge is -2.19. The predicted molar refractivity (Wildman–Crippen MR) is 76.6 cm³/mol. The average molecular weight is 267 g/mol. The van der Waals surface area contributed by atoms with Crippen LogP contribution in [0.4, 0.5) is 0 Å². The zero-order valence-corrected chi connectivity index (χ0v) is 12.3. The van der Waals surface area contributed by atoms with Gasteiger partial charge in [-0.2, -0.15) is 0 Å². The lowest BCUT2D eigenvalue weighted by Crippen LogP contribution is -2.24. The van der Waals surface area contributed by atoms with E-state index in [0.717, 1.165) is 23.4 Å². The molecule has 2 N–H and O–H groups in total. The van der Waals surface area contributed by atoms with E-state index in [1.54, 1.807) is 7.11 Å². The fourth-order valence-electron chi connectivity index (χ4n) is 1.97. The van der Waals surface area contributed by atoms with Gasteiger partial charge in [0.25, 0.3) is 0 Å². The summed E-state index contributed by atoms with van der Waals surface area (Å²) in [6.07, 6.45) is -0.604. The van der Waals surface area contributed by atoms with E-state index in [9.17, 15) is 5.11 Å². The Labute approximate surface area is 115 Å². The monoisotopic (exact) mass is 267 g/mol. The Morgan fingerprint density at radius 1 is 1.32 bits per heavy atom. The summed E-state index contributed by atoms with van der Waals surface area (Å²) in [7, 11) is 1.56. The zero-order chi connectivity index (χ0) is 14.3. The Kier molecular flexibility index (Phi) is 6.84. The van der Waals surface area contributed by atoms with Gasteiger partial charge in [0, 0.05) is 18.7 Å². The first-order chi connectivity index (χ1) is 9.08. The van der Waals surface area contributed by atoms with Gasteiger partial charge in [-0.1, -0.05) is 19.1 Å². The maximum Gasteiger partial charge on any atom is 0.124 e. The third kappa shape index (κ3) is 5.19. The molecule has 0 aliphatic heterocycles. The highest BCUT2D eigenvalue weighted by Gasteiger charge is 2.12. The van der Waals surface area contributed by atoms with Crippen LogP contribution < -0.4 is 10.1 Å². The van der Waals surface area contributed by atoms with Crippen LogP contribution in [0.1, 0.15) is 31.0 Å². The van der Waals surface area contributed by atoms with Crippen molar-refractivity contribution in [2.24, 2.45) is 0 Å². The first-order valence-corrected chi connectivity index (χ1v) is 6.72. The SMILES string of the molecule is CCNC(C)c1ccc(C)cc1OCC(O)COC. The van der Waals surface area contributed by atoms with E-state index in [1.165, 1.54) is 0 Å². The van der Waals surface area contributed by atoms with Gasteiger partial charge in [0.15, 0.2) is 0 Å². The van der Waals surface area contributed by atoms with E-state index in [-0.39, 0.29) is 19.3 Å². The van der Waals surface area contributed by atoms with Crippen LogP contribution in [0.2, 0.25) is 0 Å². The number of rotatable bonds is 8. The molecule has 0 radical (unpaired) electrons. The molecule has 0 aliphatic carbocycles. The Bertz CT molecular complexity index is 382. The number of ether oxygens (including phenoxy) is 2. The summed E-state index contributed by atoms with van der Waals surface area (Å²) in [5.74, 6) is 0.823. The van der Waals surface area contributed by atoms with Gasteiger partial charge in [-0.05, 0) is 32.0 Å². The molecule has 1 aromatic rings. The number of hydrogen-bond donors (Lipinski definition) is 2. The summed E-state index contributed by atoms with van der Waals surface area (Å²) in [4.78, 5) is 0. The Hall–Kier alpha value is -1.10. The molecule has 2 atom stereocenters. The molecule has 0 heterocycles. The first kappa shape index (κ1) is 16.0. The van der Waals surface area contributed by atoms with Gasteiger partial charge in [-0.3, -0.25) is 0 Å². The molecule has 1 rings (SSSR count). The highest BCUT2D eigenvalue weighted by molar-refractivity contribution is 5.39. The van der Waals surface area contributed by atoms with Crippen molar-refractivity contribution in [2.45, 2.75) is 32.9 Å². The molecule has 4 heteroatoms. The molecule has 0 aliphatic rings. The van der Waals surface area contributed by atoms with Crippen LogP contribution in [-0.4, -0.2) is 38.1 Å².